The van der Waals surface area contributed by atoms with Crippen LogP contribution in [-0.2, 0) is 9.59 Å². The number of aromatic nitrogens is 2. The van der Waals surface area contributed by atoms with Crippen LogP contribution in [0.15, 0.2) is 36.4 Å². The highest BCUT2D eigenvalue weighted by Gasteiger charge is 2.36. The van der Waals surface area contributed by atoms with Crippen molar-refractivity contribution in [2.45, 2.75) is 13.3 Å². The summed E-state index contributed by atoms with van der Waals surface area (Å²) >= 11 is 0. The standard InChI is InChI=1S/C15H15N3O3/c1-10-7-13(17-9-11(15(20)21)8-14(17)19)18(16-10)12-5-3-2-4-6-12/h2-7,11H,8-9H2,1H3,(H,20,21). The quantitative estimate of drug-likeness (QED) is 0.929. The third-order valence-electron chi connectivity index (χ3n) is 3.56. The van der Waals surface area contributed by atoms with Gasteiger partial charge in [-0.1, -0.05) is 18.2 Å². The van der Waals surface area contributed by atoms with E-state index in [1.54, 1.807) is 10.7 Å². The minimum Gasteiger partial charge on any atom is -0.481 e. The Balaban J connectivity index is 2.00. The summed E-state index contributed by atoms with van der Waals surface area (Å²) in [5.41, 5.74) is 1.62. The molecule has 1 aliphatic heterocycles. The van der Waals surface area contributed by atoms with Crippen molar-refractivity contribution in [2.24, 2.45) is 5.92 Å². The van der Waals surface area contributed by atoms with Gasteiger partial charge in [-0.2, -0.15) is 5.10 Å². The Morgan fingerprint density at radius 1 is 1.33 bits per heavy atom. The van der Waals surface area contributed by atoms with Crippen LogP contribution in [0.1, 0.15) is 12.1 Å². The lowest BCUT2D eigenvalue weighted by Crippen LogP contribution is -2.28. The molecular formula is C15H15N3O3. The normalized spacial score (nSPS) is 18.2. The van der Waals surface area contributed by atoms with Gasteiger partial charge in [0, 0.05) is 19.0 Å². The first-order valence-corrected chi connectivity index (χ1v) is 6.71. The van der Waals surface area contributed by atoms with Crippen molar-refractivity contribution in [3.63, 3.8) is 0 Å². The summed E-state index contributed by atoms with van der Waals surface area (Å²) in [7, 11) is 0. The number of carboxylic acids is 1. The first-order valence-electron chi connectivity index (χ1n) is 6.71. The van der Waals surface area contributed by atoms with Crippen LogP contribution < -0.4 is 4.90 Å². The van der Waals surface area contributed by atoms with E-state index in [2.05, 4.69) is 5.10 Å². The number of anilines is 1. The highest BCUT2D eigenvalue weighted by atomic mass is 16.4. The molecule has 3 rings (SSSR count). The van der Waals surface area contributed by atoms with Crippen molar-refractivity contribution >= 4 is 17.7 Å². The van der Waals surface area contributed by atoms with E-state index >= 15 is 0 Å². The van der Waals surface area contributed by atoms with E-state index in [0.29, 0.717) is 5.82 Å². The predicted octanol–water partition coefficient (Wildman–Crippen LogP) is 1.62. The van der Waals surface area contributed by atoms with Gasteiger partial charge in [0.25, 0.3) is 0 Å². The molecule has 1 atom stereocenters. The van der Waals surface area contributed by atoms with Gasteiger partial charge in [0.05, 0.1) is 17.3 Å². The van der Waals surface area contributed by atoms with Crippen LogP contribution in [0.5, 0.6) is 0 Å². The van der Waals surface area contributed by atoms with Crippen LogP contribution >= 0.6 is 0 Å². The summed E-state index contributed by atoms with van der Waals surface area (Å²) in [6, 6.07) is 11.3. The minimum absolute atomic E-state index is 0.0361. The van der Waals surface area contributed by atoms with Crippen LogP contribution in [0.25, 0.3) is 5.69 Å². The third kappa shape index (κ3) is 2.40. The topological polar surface area (TPSA) is 75.4 Å². The van der Waals surface area contributed by atoms with E-state index in [1.807, 2.05) is 37.3 Å². The van der Waals surface area contributed by atoms with E-state index in [0.717, 1.165) is 11.4 Å². The van der Waals surface area contributed by atoms with Gasteiger partial charge in [-0.15, -0.1) is 0 Å². The van der Waals surface area contributed by atoms with Crippen LogP contribution in [0, 0.1) is 12.8 Å². The van der Waals surface area contributed by atoms with Gasteiger partial charge in [0.2, 0.25) is 5.91 Å². The summed E-state index contributed by atoms with van der Waals surface area (Å²) in [4.78, 5) is 24.7. The Labute approximate surface area is 121 Å². The number of amides is 1. The van der Waals surface area contributed by atoms with Gasteiger partial charge in [0.1, 0.15) is 5.82 Å². The van der Waals surface area contributed by atoms with Crippen LogP contribution in [0.3, 0.4) is 0 Å². The molecule has 1 aromatic heterocycles. The predicted molar refractivity (Wildman–Crippen MR) is 76.4 cm³/mol. The van der Waals surface area contributed by atoms with Gasteiger partial charge >= 0.3 is 5.97 Å². The Hall–Kier alpha value is -2.63. The lowest BCUT2D eigenvalue weighted by molar-refractivity contribution is -0.141. The number of hydrogen-bond acceptors (Lipinski definition) is 3. The molecule has 1 unspecified atom stereocenters. The van der Waals surface area contributed by atoms with E-state index in [1.165, 1.54) is 4.90 Å². The summed E-state index contributed by atoms with van der Waals surface area (Å²) in [5.74, 6) is -1.16. The maximum absolute atomic E-state index is 12.1. The van der Waals surface area contributed by atoms with Crippen molar-refractivity contribution in [3.05, 3.63) is 42.1 Å². The Bertz CT molecular complexity index is 693. The van der Waals surface area contributed by atoms with Crippen LogP contribution in [-0.4, -0.2) is 33.3 Å². The van der Waals surface area contributed by atoms with Gasteiger partial charge in [-0.25, -0.2) is 4.68 Å². The zero-order valence-electron chi connectivity index (χ0n) is 11.6. The van der Waals surface area contributed by atoms with Crippen LogP contribution in [0.4, 0.5) is 5.82 Å². The fourth-order valence-electron chi connectivity index (χ4n) is 2.53. The second-order valence-corrected chi connectivity index (χ2v) is 5.13. The molecule has 6 heteroatoms. The zero-order valence-corrected chi connectivity index (χ0v) is 11.6. The van der Waals surface area contributed by atoms with E-state index < -0.39 is 11.9 Å². The number of para-hydroxylation sites is 1. The molecule has 2 heterocycles. The van der Waals surface area contributed by atoms with E-state index in [-0.39, 0.29) is 18.9 Å². The number of nitrogens with zero attached hydrogens (tertiary/aromatic N) is 3. The van der Waals surface area contributed by atoms with Gasteiger partial charge < -0.3 is 5.11 Å². The fourth-order valence-corrected chi connectivity index (χ4v) is 2.53. The van der Waals surface area contributed by atoms with Crippen molar-refractivity contribution < 1.29 is 14.7 Å². The second-order valence-electron chi connectivity index (χ2n) is 5.13. The molecule has 0 saturated carbocycles. The highest BCUT2D eigenvalue weighted by Crippen LogP contribution is 2.28. The maximum Gasteiger partial charge on any atom is 0.308 e. The Kier molecular flexibility index (Phi) is 3.21. The number of benzene rings is 1. The monoisotopic (exact) mass is 285 g/mol. The SMILES string of the molecule is Cc1cc(N2CC(C(=O)O)CC2=O)n(-c2ccccc2)n1. The number of hydrogen-bond donors (Lipinski definition) is 1. The first-order chi connectivity index (χ1) is 10.1. The molecule has 0 spiro atoms. The molecule has 1 aliphatic rings. The van der Waals surface area contributed by atoms with Crippen molar-refractivity contribution in [3.8, 4) is 5.69 Å². The third-order valence-corrected chi connectivity index (χ3v) is 3.56. The molecular weight excluding hydrogens is 270 g/mol. The number of carbonyl (C=O) groups excluding carboxylic acids is 1. The lowest BCUT2D eigenvalue weighted by Gasteiger charge is -2.17. The molecule has 108 valence electrons. The molecule has 1 amide bonds. The molecule has 0 bridgehead atoms. The molecule has 0 aliphatic carbocycles. The Morgan fingerprint density at radius 2 is 2.05 bits per heavy atom. The smallest absolute Gasteiger partial charge is 0.308 e. The summed E-state index contributed by atoms with van der Waals surface area (Å²) < 4.78 is 1.68. The molecule has 1 fully saturated rings. The molecule has 21 heavy (non-hydrogen) atoms. The van der Waals surface area contributed by atoms with Crippen LogP contribution in [0.2, 0.25) is 0 Å². The number of rotatable bonds is 3. The Morgan fingerprint density at radius 3 is 2.67 bits per heavy atom. The van der Waals surface area contributed by atoms with Crippen molar-refractivity contribution in [2.75, 3.05) is 11.4 Å². The zero-order chi connectivity index (χ0) is 15.0. The lowest BCUT2D eigenvalue weighted by atomic mass is 10.1. The maximum atomic E-state index is 12.1. The highest BCUT2D eigenvalue weighted by molar-refractivity contribution is 5.98. The fraction of sp³-hybridized carbons (Fsp3) is 0.267. The molecule has 2 aromatic rings. The van der Waals surface area contributed by atoms with E-state index in [4.69, 9.17) is 5.11 Å². The van der Waals surface area contributed by atoms with Gasteiger partial charge in [-0.05, 0) is 19.1 Å². The number of carboxylic acid groups (broad SMARTS) is 1. The first kappa shape index (κ1) is 13.4. The second kappa shape index (κ2) is 5.05. The largest absolute Gasteiger partial charge is 0.481 e. The number of carbonyl (C=O) groups is 2. The van der Waals surface area contributed by atoms with Gasteiger partial charge in [0.15, 0.2) is 0 Å². The average molecular weight is 285 g/mol. The molecule has 1 aromatic carbocycles. The van der Waals surface area contributed by atoms with Gasteiger partial charge in [-0.3, -0.25) is 14.5 Å². The number of aryl methyl sites for hydroxylation is 1. The molecule has 1 saturated heterocycles. The summed E-state index contributed by atoms with van der Waals surface area (Å²) in [6.45, 7) is 2.03. The molecule has 0 radical (unpaired) electrons. The summed E-state index contributed by atoms with van der Waals surface area (Å²) in [6.07, 6.45) is 0.0361. The molecule has 1 N–H and O–H groups in total. The summed E-state index contributed by atoms with van der Waals surface area (Å²) in [5, 5.41) is 13.5. The minimum atomic E-state index is -0.937. The average Bonchev–Trinajstić information content (AvgIpc) is 3.03. The van der Waals surface area contributed by atoms with E-state index in [9.17, 15) is 9.59 Å². The van der Waals surface area contributed by atoms with Crippen molar-refractivity contribution in [1.82, 2.24) is 9.78 Å². The van der Waals surface area contributed by atoms with Crippen molar-refractivity contribution in [1.29, 1.82) is 0 Å². The molecule has 6 nitrogen and oxygen atoms in total. The number of aliphatic carboxylic acids is 1.